The lowest BCUT2D eigenvalue weighted by Crippen LogP contribution is -2.40. The minimum atomic E-state index is -3.78. The van der Waals surface area contributed by atoms with Gasteiger partial charge in [-0.25, -0.2) is 8.42 Å². The number of rotatable bonds is 7. The van der Waals surface area contributed by atoms with Crippen LogP contribution in [0.1, 0.15) is 12.0 Å². The van der Waals surface area contributed by atoms with Crippen LogP contribution in [0.5, 0.6) is 5.75 Å². The summed E-state index contributed by atoms with van der Waals surface area (Å²) in [6.45, 7) is 1.21. The van der Waals surface area contributed by atoms with Gasteiger partial charge < -0.3 is 14.8 Å². The molecule has 1 amide bonds. The Morgan fingerprint density at radius 2 is 1.93 bits per heavy atom. The average molecular weight is 473 g/mol. The van der Waals surface area contributed by atoms with E-state index in [2.05, 4.69) is 5.32 Å². The van der Waals surface area contributed by atoms with Crippen molar-refractivity contribution >= 4 is 44.8 Å². The number of benzene rings is 2. The second-order valence-electron chi connectivity index (χ2n) is 6.64. The molecule has 1 saturated heterocycles. The molecule has 0 atom stereocenters. The number of carbonyl (C=O) groups is 1. The van der Waals surface area contributed by atoms with E-state index >= 15 is 0 Å². The van der Waals surface area contributed by atoms with E-state index in [1.54, 1.807) is 18.2 Å². The smallest absolute Gasteiger partial charge is 0.246 e. The number of sulfonamides is 1. The molecule has 162 valence electrons. The van der Waals surface area contributed by atoms with Crippen LogP contribution in [0, 0.1) is 0 Å². The fraction of sp³-hybridized carbons (Fsp3) is 0.350. The Kier molecular flexibility index (Phi) is 7.60. The molecule has 1 aliphatic rings. The maximum atomic E-state index is 13.0. The number of carbonyl (C=O) groups excluding carboxylic acids is 1. The zero-order valence-electron chi connectivity index (χ0n) is 16.4. The number of amides is 1. The van der Waals surface area contributed by atoms with Gasteiger partial charge >= 0.3 is 0 Å². The Labute approximate surface area is 185 Å². The maximum Gasteiger partial charge on any atom is 0.246 e. The van der Waals surface area contributed by atoms with Crippen LogP contribution >= 0.6 is 23.2 Å². The molecule has 0 bridgehead atoms. The van der Waals surface area contributed by atoms with E-state index in [0.717, 1.165) is 5.56 Å². The quantitative estimate of drug-likeness (QED) is 0.665. The molecule has 1 heterocycles. The van der Waals surface area contributed by atoms with Crippen molar-refractivity contribution in [2.24, 2.45) is 0 Å². The largest absolute Gasteiger partial charge is 0.495 e. The molecule has 0 aliphatic carbocycles. The summed E-state index contributed by atoms with van der Waals surface area (Å²) in [6.07, 6.45) is 0.567. The fourth-order valence-electron chi connectivity index (χ4n) is 3.10. The zero-order chi connectivity index (χ0) is 21.7. The monoisotopic (exact) mass is 472 g/mol. The summed E-state index contributed by atoms with van der Waals surface area (Å²) in [6, 6.07) is 9.79. The van der Waals surface area contributed by atoms with Gasteiger partial charge in [0.25, 0.3) is 0 Å². The van der Waals surface area contributed by atoms with Crippen LogP contribution in [0.15, 0.2) is 41.3 Å². The van der Waals surface area contributed by atoms with Crippen LogP contribution in [0.25, 0.3) is 0 Å². The SMILES string of the molecule is COc1ccc(NC(=O)CCc2cccc(Cl)c2Cl)cc1S(=O)(=O)N1CCOCC1. The van der Waals surface area contributed by atoms with Crippen LogP contribution < -0.4 is 10.1 Å². The van der Waals surface area contributed by atoms with E-state index in [9.17, 15) is 13.2 Å². The maximum absolute atomic E-state index is 13.0. The summed E-state index contributed by atoms with van der Waals surface area (Å²) in [5.74, 6) is -0.0591. The van der Waals surface area contributed by atoms with Crippen LogP contribution in [0.3, 0.4) is 0 Å². The first kappa shape index (κ1) is 22.8. The number of anilines is 1. The van der Waals surface area contributed by atoms with E-state index < -0.39 is 10.0 Å². The predicted octanol–water partition coefficient (Wildman–Crippen LogP) is 3.59. The summed E-state index contributed by atoms with van der Waals surface area (Å²) in [5, 5.41) is 3.59. The van der Waals surface area contributed by atoms with Gasteiger partial charge in [-0.3, -0.25) is 4.79 Å². The molecule has 10 heteroatoms. The topological polar surface area (TPSA) is 84.9 Å². The first-order chi connectivity index (χ1) is 14.3. The van der Waals surface area contributed by atoms with Crippen LogP contribution in [-0.4, -0.2) is 52.0 Å². The van der Waals surface area contributed by atoms with Crippen molar-refractivity contribution in [3.05, 3.63) is 52.0 Å². The summed E-state index contributed by atoms with van der Waals surface area (Å²) >= 11 is 12.2. The zero-order valence-corrected chi connectivity index (χ0v) is 18.7. The second kappa shape index (κ2) is 9.98. The minimum Gasteiger partial charge on any atom is -0.495 e. The Balaban J connectivity index is 1.74. The number of methoxy groups -OCH3 is 1. The van der Waals surface area contributed by atoms with Gasteiger partial charge in [-0.1, -0.05) is 35.3 Å². The van der Waals surface area contributed by atoms with Gasteiger partial charge in [0.05, 0.1) is 30.4 Å². The Bertz CT molecular complexity index is 1020. The number of hydrogen-bond acceptors (Lipinski definition) is 5. The molecule has 1 fully saturated rings. The van der Waals surface area contributed by atoms with Crippen molar-refractivity contribution in [1.29, 1.82) is 0 Å². The number of morpholine rings is 1. The van der Waals surface area contributed by atoms with Crippen molar-refractivity contribution in [2.45, 2.75) is 17.7 Å². The normalized spacial score (nSPS) is 15.0. The third-order valence-corrected chi connectivity index (χ3v) is 7.47. The van der Waals surface area contributed by atoms with Crippen molar-refractivity contribution in [3.8, 4) is 5.75 Å². The minimum absolute atomic E-state index is 0.00239. The second-order valence-corrected chi connectivity index (χ2v) is 9.33. The fourth-order valence-corrected chi connectivity index (χ4v) is 5.10. The Hall–Kier alpha value is -1.84. The van der Waals surface area contributed by atoms with Gasteiger partial charge in [0.2, 0.25) is 15.9 Å². The molecule has 0 unspecified atom stereocenters. The van der Waals surface area contributed by atoms with Crippen LogP contribution in [0.4, 0.5) is 5.69 Å². The Morgan fingerprint density at radius 3 is 2.63 bits per heavy atom. The molecule has 3 rings (SSSR count). The molecular formula is C20H22Cl2N2O5S. The van der Waals surface area contributed by atoms with Crippen molar-refractivity contribution in [2.75, 3.05) is 38.7 Å². The third kappa shape index (κ3) is 5.25. The highest BCUT2D eigenvalue weighted by Crippen LogP contribution is 2.30. The lowest BCUT2D eigenvalue weighted by atomic mass is 10.1. The highest BCUT2D eigenvalue weighted by atomic mass is 35.5. The molecule has 0 aromatic heterocycles. The first-order valence-corrected chi connectivity index (χ1v) is 11.5. The van der Waals surface area contributed by atoms with Gasteiger partial charge in [-0.2, -0.15) is 4.31 Å². The van der Waals surface area contributed by atoms with Gasteiger partial charge in [0.15, 0.2) is 0 Å². The summed E-state index contributed by atoms with van der Waals surface area (Å²) in [5.41, 5.74) is 1.13. The molecule has 0 radical (unpaired) electrons. The molecule has 30 heavy (non-hydrogen) atoms. The van der Waals surface area contributed by atoms with Crippen molar-refractivity contribution < 1.29 is 22.7 Å². The van der Waals surface area contributed by atoms with Crippen LogP contribution in [0.2, 0.25) is 10.0 Å². The molecular weight excluding hydrogens is 451 g/mol. The standard InChI is InChI=1S/C20H22Cl2N2O5S/c1-28-17-7-6-15(13-18(17)30(26,27)24-9-11-29-12-10-24)23-19(25)8-5-14-3-2-4-16(21)20(14)22/h2-4,6-7,13H,5,8-12H2,1H3,(H,23,25). The lowest BCUT2D eigenvalue weighted by Gasteiger charge is -2.26. The highest BCUT2D eigenvalue weighted by Gasteiger charge is 2.29. The highest BCUT2D eigenvalue weighted by molar-refractivity contribution is 7.89. The Morgan fingerprint density at radius 1 is 1.20 bits per heavy atom. The molecule has 7 nitrogen and oxygen atoms in total. The van der Waals surface area contributed by atoms with E-state index in [0.29, 0.717) is 35.4 Å². The molecule has 0 saturated carbocycles. The number of nitrogens with one attached hydrogen (secondary N) is 1. The molecule has 2 aromatic carbocycles. The predicted molar refractivity (Wildman–Crippen MR) is 116 cm³/mol. The molecule has 2 aromatic rings. The van der Waals surface area contributed by atoms with Crippen molar-refractivity contribution in [1.82, 2.24) is 4.31 Å². The first-order valence-electron chi connectivity index (χ1n) is 9.31. The van der Waals surface area contributed by atoms with Gasteiger partial charge in [0, 0.05) is 25.2 Å². The molecule has 1 N–H and O–H groups in total. The summed E-state index contributed by atoms with van der Waals surface area (Å²) < 4.78 is 37.9. The van der Waals surface area contributed by atoms with E-state index in [1.165, 1.54) is 23.5 Å². The molecule has 0 spiro atoms. The van der Waals surface area contributed by atoms with E-state index in [-0.39, 0.29) is 36.1 Å². The number of ether oxygens (including phenoxy) is 2. The van der Waals surface area contributed by atoms with Crippen LogP contribution in [-0.2, 0) is 26.0 Å². The average Bonchev–Trinajstić information content (AvgIpc) is 2.75. The van der Waals surface area contributed by atoms with Gasteiger partial charge in [0.1, 0.15) is 10.6 Å². The lowest BCUT2D eigenvalue weighted by molar-refractivity contribution is -0.116. The van der Waals surface area contributed by atoms with E-state index in [1.807, 2.05) is 6.07 Å². The van der Waals surface area contributed by atoms with Gasteiger partial charge in [-0.05, 0) is 36.2 Å². The number of aryl methyl sites for hydroxylation is 1. The number of halogens is 2. The third-order valence-electron chi connectivity index (χ3n) is 4.69. The molecule has 1 aliphatic heterocycles. The van der Waals surface area contributed by atoms with Crippen molar-refractivity contribution in [3.63, 3.8) is 0 Å². The van der Waals surface area contributed by atoms with Gasteiger partial charge in [-0.15, -0.1) is 0 Å². The summed E-state index contributed by atoms with van der Waals surface area (Å²) in [7, 11) is -2.38. The number of nitrogens with zero attached hydrogens (tertiary/aromatic N) is 1. The van der Waals surface area contributed by atoms with E-state index in [4.69, 9.17) is 32.7 Å². The number of hydrogen-bond donors (Lipinski definition) is 1. The summed E-state index contributed by atoms with van der Waals surface area (Å²) in [4.78, 5) is 12.4.